The van der Waals surface area contributed by atoms with Crippen molar-refractivity contribution < 1.29 is 13.6 Å². The van der Waals surface area contributed by atoms with E-state index in [1.54, 1.807) is 12.4 Å². The van der Waals surface area contributed by atoms with Gasteiger partial charge in [-0.25, -0.2) is 13.8 Å². The minimum absolute atomic E-state index is 0.105. The normalized spacial score (nSPS) is 20.0. The highest BCUT2D eigenvalue weighted by molar-refractivity contribution is 5.74. The summed E-state index contributed by atoms with van der Waals surface area (Å²) in [5.41, 5.74) is 5.97. The molecule has 1 unspecified atom stereocenters. The van der Waals surface area contributed by atoms with Crippen LogP contribution in [0.4, 0.5) is 14.6 Å². The van der Waals surface area contributed by atoms with Crippen LogP contribution in [0.2, 0.25) is 0 Å². The number of alkyl halides is 2. The lowest BCUT2D eigenvalue weighted by atomic mass is 9.91. The number of carbonyl (C=O) groups excluding carboxylic acids is 1. The Kier molecular flexibility index (Phi) is 8.57. The van der Waals surface area contributed by atoms with Gasteiger partial charge in [0.15, 0.2) is 5.82 Å². The van der Waals surface area contributed by atoms with Crippen molar-refractivity contribution >= 4 is 11.7 Å². The van der Waals surface area contributed by atoms with Crippen LogP contribution in [0.1, 0.15) is 65.0 Å². The molecule has 0 saturated heterocycles. The number of halogens is 2. The van der Waals surface area contributed by atoms with Crippen molar-refractivity contribution in [2.24, 2.45) is 5.92 Å². The van der Waals surface area contributed by atoms with Gasteiger partial charge in [-0.2, -0.15) is 0 Å². The lowest BCUT2D eigenvalue weighted by Crippen LogP contribution is -2.27. The maximum absolute atomic E-state index is 12.8. The van der Waals surface area contributed by atoms with E-state index < -0.39 is 5.92 Å². The summed E-state index contributed by atoms with van der Waals surface area (Å²) in [5.74, 6) is -1.43. The van der Waals surface area contributed by atoms with Gasteiger partial charge in [0.2, 0.25) is 11.8 Å². The van der Waals surface area contributed by atoms with Crippen LogP contribution in [-0.2, 0) is 11.2 Å². The van der Waals surface area contributed by atoms with Crippen molar-refractivity contribution in [1.82, 2.24) is 15.4 Å². The molecular weight excluding hydrogens is 314 g/mol. The van der Waals surface area contributed by atoms with Gasteiger partial charge in [0.1, 0.15) is 0 Å². The number of rotatable bonds is 3. The largest absolute Gasteiger partial charge is 0.280 e. The van der Waals surface area contributed by atoms with E-state index in [1.807, 2.05) is 6.92 Å². The van der Waals surface area contributed by atoms with Gasteiger partial charge in [0.25, 0.3) is 0 Å². The fourth-order valence-corrected chi connectivity index (χ4v) is 2.48. The quantitative estimate of drug-likeness (QED) is 0.811. The summed E-state index contributed by atoms with van der Waals surface area (Å²) in [6, 6.07) is 0. The number of anilines is 1. The van der Waals surface area contributed by atoms with Gasteiger partial charge in [-0.05, 0) is 25.2 Å². The zero-order valence-corrected chi connectivity index (χ0v) is 14.7. The number of aryl methyl sites for hydroxylation is 1. The summed E-state index contributed by atoms with van der Waals surface area (Å²) in [7, 11) is 0. The van der Waals surface area contributed by atoms with E-state index in [4.69, 9.17) is 0 Å². The molecule has 0 aromatic carbocycles. The van der Waals surface area contributed by atoms with Crippen molar-refractivity contribution in [3.63, 3.8) is 0 Å². The summed E-state index contributed by atoms with van der Waals surface area (Å²) < 4.78 is 25.6. The topological polar surface area (TPSA) is 66.9 Å². The Morgan fingerprint density at radius 1 is 1.25 bits per heavy atom. The summed E-state index contributed by atoms with van der Waals surface area (Å²) in [5, 5.41) is 0. The first-order valence-corrected chi connectivity index (χ1v) is 8.54. The molecular formula is C17H28F2N4O. The predicted molar refractivity (Wildman–Crippen MR) is 90.7 cm³/mol. The molecule has 0 bridgehead atoms. The van der Waals surface area contributed by atoms with Crippen molar-refractivity contribution in [1.29, 1.82) is 0 Å². The molecule has 2 rings (SSSR count). The van der Waals surface area contributed by atoms with Gasteiger partial charge in [-0.3, -0.25) is 20.6 Å². The summed E-state index contributed by atoms with van der Waals surface area (Å²) in [6.45, 7) is 5.47. The lowest BCUT2D eigenvalue weighted by Gasteiger charge is -2.22. The number of nitrogens with zero attached hydrogens (tertiary/aromatic N) is 2. The maximum atomic E-state index is 12.8. The second kappa shape index (κ2) is 10.2. The number of nitrogens with one attached hydrogen (secondary N) is 2. The molecule has 1 fully saturated rings. The maximum Gasteiger partial charge on any atom is 0.248 e. The van der Waals surface area contributed by atoms with Crippen LogP contribution >= 0.6 is 0 Å². The number of hydrogen-bond acceptors (Lipinski definition) is 4. The third kappa shape index (κ3) is 8.17. The smallest absolute Gasteiger partial charge is 0.248 e. The molecule has 0 aliphatic heterocycles. The lowest BCUT2D eigenvalue weighted by molar-refractivity contribution is -0.118. The molecule has 0 radical (unpaired) electrons. The Balaban J connectivity index is 0.000000243. The second-order valence-corrected chi connectivity index (χ2v) is 6.26. The number of aromatic nitrogens is 2. The number of amides is 1. The van der Waals surface area contributed by atoms with Crippen LogP contribution in [0.3, 0.4) is 0 Å². The van der Waals surface area contributed by atoms with E-state index >= 15 is 0 Å². The summed E-state index contributed by atoms with van der Waals surface area (Å²) in [4.78, 5) is 18.7. The SMILES string of the molecule is CC1CCCCC(F)(F)CC1.CCc1nccnc1NNC(C)=O. The highest BCUT2D eigenvalue weighted by Crippen LogP contribution is 2.32. The van der Waals surface area contributed by atoms with Gasteiger partial charge in [0.05, 0.1) is 5.69 Å². The van der Waals surface area contributed by atoms with Crippen molar-refractivity contribution in [2.75, 3.05) is 5.43 Å². The molecule has 1 heterocycles. The van der Waals surface area contributed by atoms with Crippen molar-refractivity contribution in [3.05, 3.63) is 18.1 Å². The molecule has 1 amide bonds. The second-order valence-electron chi connectivity index (χ2n) is 6.26. The average molecular weight is 342 g/mol. The third-order valence-electron chi connectivity index (χ3n) is 3.96. The van der Waals surface area contributed by atoms with E-state index in [1.165, 1.54) is 6.92 Å². The Labute approximate surface area is 142 Å². The standard InChI is InChI=1S/C9H16F2.C8H12N4O/c1-8-4-2-3-6-9(10,11)7-5-8;1-3-7-8(10-5-4-9-7)12-11-6(2)13/h8H,2-7H2,1H3;4-5H,3H2,1-2H3,(H,10,12)(H,11,13). The van der Waals surface area contributed by atoms with E-state index in [0.717, 1.165) is 25.0 Å². The first-order chi connectivity index (χ1) is 11.3. The van der Waals surface area contributed by atoms with Gasteiger partial charge in [-0.15, -0.1) is 0 Å². The third-order valence-corrected chi connectivity index (χ3v) is 3.96. The molecule has 1 saturated carbocycles. The van der Waals surface area contributed by atoms with Gasteiger partial charge < -0.3 is 0 Å². The van der Waals surface area contributed by atoms with Crippen molar-refractivity contribution in [3.8, 4) is 0 Å². The van der Waals surface area contributed by atoms with Gasteiger partial charge in [-0.1, -0.05) is 26.7 Å². The fourth-order valence-electron chi connectivity index (χ4n) is 2.48. The predicted octanol–water partition coefficient (Wildman–Crippen LogP) is 4.11. The number of hydrogen-bond donors (Lipinski definition) is 2. The Morgan fingerprint density at radius 3 is 2.62 bits per heavy atom. The Morgan fingerprint density at radius 2 is 1.96 bits per heavy atom. The minimum atomic E-state index is -2.37. The number of hydrazine groups is 1. The Bertz CT molecular complexity index is 511. The van der Waals surface area contributed by atoms with Crippen LogP contribution in [0, 0.1) is 5.92 Å². The fraction of sp³-hybridized carbons (Fsp3) is 0.706. The molecule has 5 nitrogen and oxygen atoms in total. The summed E-state index contributed by atoms with van der Waals surface area (Å²) >= 11 is 0. The monoisotopic (exact) mass is 342 g/mol. The molecule has 0 spiro atoms. The van der Waals surface area contributed by atoms with Crippen LogP contribution in [0.25, 0.3) is 0 Å². The molecule has 2 N–H and O–H groups in total. The first-order valence-electron chi connectivity index (χ1n) is 8.54. The molecule has 1 aliphatic rings. The first kappa shape index (κ1) is 20.3. The van der Waals surface area contributed by atoms with Gasteiger partial charge in [0, 0.05) is 32.2 Å². The molecule has 1 aromatic heterocycles. The molecule has 136 valence electrons. The zero-order valence-electron chi connectivity index (χ0n) is 14.7. The molecule has 24 heavy (non-hydrogen) atoms. The van der Waals surface area contributed by atoms with Crippen LogP contribution in [0.15, 0.2) is 12.4 Å². The van der Waals surface area contributed by atoms with Crippen LogP contribution < -0.4 is 10.9 Å². The van der Waals surface area contributed by atoms with Crippen LogP contribution in [0.5, 0.6) is 0 Å². The molecule has 1 aliphatic carbocycles. The van der Waals surface area contributed by atoms with Crippen LogP contribution in [-0.4, -0.2) is 21.8 Å². The van der Waals surface area contributed by atoms with Gasteiger partial charge >= 0.3 is 0 Å². The number of carbonyl (C=O) groups is 1. The highest BCUT2D eigenvalue weighted by Gasteiger charge is 2.29. The Hall–Kier alpha value is -1.79. The van der Waals surface area contributed by atoms with E-state index in [9.17, 15) is 13.6 Å². The minimum Gasteiger partial charge on any atom is -0.280 e. The summed E-state index contributed by atoms with van der Waals surface area (Å²) in [6.07, 6.45) is 7.71. The van der Waals surface area contributed by atoms with E-state index in [0.29, 0.717) is 24.6 Å². The van der Waals surface area contributed by atoms with E-state index in [2.05, 4.69) is 27.7 Å². The molecule has 7 heteroatoms. The average Bonchev–Trinajstić information content (AvgIpc) is 2.55. The van der Waals surface area contributed by atoms with E-state index in [-0.39, 0.29) is 18.7 Å². The zero-order chi connectivity index (χ0) is 18.0. The van der Waals surface area contributed by atoms with Crippen molar-refractivity contribution in [2.45, 2.75) is 71.6 Å². The highest BCUT2D eigenvalue weighted by atomic mass is 19.3. The molecule has 1 atom stereocenters. The molecule has 1 aromatic rings.